The Bertz CT molecular complexity index is 1250. The topological polar surface area (TPSA) is 114 Å². The molecule has 8 heteroatoms. The molecular weight excluding hydrogens is 433 g/mol. The molecule has 1 saturated heterocycles. The first-order valence-corrected chi connectivity index (χ1v) is 10.8. The summed E-state index contributed by atoms with van der Waals surface area (Å²) < 4.78 is 15.3. The van der Waals surface area contributed by atoms with Crippen molar-refractivity contribution in [3.05, 3.63) is 75.4 Å². The minimum absolute atomic E-state index is 0.0906. The average Bonchev–Trinajstić information content (AvgIpc) is 2.79. The summed E-state index contributed by atoms with van der Waals surface area (Å²) in [7, 11) is 3.12. The molecule has 176 valence electrons. The number of alkyl halides is 1. The maximum Gasteiger partial charge on any atom is 0.271 e. The number of nitrogens with two attached hydrogens (primary N) is 1. The van der Waals surface area contributed by atoms with E-state index in [4.69, 9.17) is 16.4 Å². The van der Waals surface area contributed by atoms with Crippen LogP contribution in [0.4, 0.5) is 4.39 Å². The van der Waals surface area contributed by atoms with Crippen LogP contribution in [0.2, 0.25) is 0 Å². The van der Waals surface area contributed by atoms with Crippen LogP contribution in [-0.4, -0.2) is 54.5 Å². The summed E-state index contributed by atoms with van der Waals surface area (Å²) in [6.45, 7) is 5.07. The number of nitrogens with one attached hydrogen (secondary N) is 1. The molecule has 0 saturated carbocycles. The molecule has 3 N–H and O–H groups in total. The molecular formula is C26H28FN5O2. The lowest BCUT2D eigenvalue weighted by Gasteiger charge is -2.45. The monoisotopic (exact) mass is 461 g/mol. The van der Waals surface area contributed by atoms with Gasteiger partial charge in [-0.2, -0.15) is 5.26 Å². The summed E-state index contributed by atoms with van der Waals surface area (Å²) in [6.07, 6.45) is 0. The van der Waals surface area contributed by atoms with Gasteiger partial charge < -0.3 is 15.5 Å². The van der Waals surface area contributed by atoms with Gasteiger partial charge in [-0.15, -0.1) is 0 Å². The lowest BCUT2D eigenvalue weighted by molar-refractivity contribution is -0.121. The number of carbonyl (C=O) groups is 2. The van der Waals surface area contributed by atoms with Crippen LogP contribution in [-0.2, 0) is 10.5 Å². The molecule has 0 bridgehead atoms. The van der Waals surface area contributed by atoms with Crippen LogP contribution in [0.25, 0.3) is 5.70 Å². The van der Waals surface area contributed by atoms with Crippen molar-refractivity contribution in [2.45, 2.75) is 26.4 Å². The van der Waals surface area contributed by atoms with Crippen LogP contribution < -0.4 is 5.73 Å². The van der Waals surface area contributed by atoms with Crippen molar-refractivity contribution >= 4 is 23.2 Å². The number of benzene rings is 2. The highest BCUT2D eigenvalue weighted by Crippen LogP contribution is 2.37. The number of amides is 2. The SMILES string of the molecule is C/C(C(=N)C(=O)N(C)C)=C(/N)c1cc(C(=O)N2CC(F)(c3ccc(C#N)cc3)C2)c(C)cc1C. The third-order valence-electron chi connectivity index (χ3n) is 6.19. The maximum absolute atomic E-state index is 15.3. The smallest absolute Gasteiger partial charge is 0.271 e. The Labute approximate surface area is 198 Å². The molecule has 0 aliphatic carbocycles. The number of nitrogens with zero attached hydrogens (tertiary/aromatic N) is 3. The fourth-order valence-corrected chi connectivity index (χ4v) is 3.99. The summed E-state index contributed by atoms with van der Waals surface area (Å²) in [5, 5.41) is 17.1. The molecule has 2 aromatic carbocycles. The van der Waals surface area contributed by atoms with Crippen molar-refractivity contribution in [3.8, 4) is 6.07 Å². The van der Waals surface area contributed by atoms with E-state index in [-0.39, 0.29) is 30.4 Å². The van der Waals surface area contributed by atoms with E-state index >= 15 is 4.39 Å². The highest BCUT2D eigenvalue weighted by molar-refractivity contribution is 6.44. The molecule has 0 aromatic heterocycles. The molecule has 3 rings (SSSR count). The number of aryl methyl sites for hydroxylation is 2. The van der Waals surface area contributed by atoms with Gasteiger partial charge in [0.25, 0.3) is 11.8 Å². The van der Waals surface area contributed by atoms with Gasteiger partial charge in [0, 0.05) is 36.5 Å². The van der Waals surface area contributed by atoms with E-state index in [0.29, 0.717) is 27.8 Å². The predicted octanol–water partition coefficient (Wildman–Crippen LogP) is 3.29. The lowest BCUT2D eigenvalue weighted by Crippen LogP contribution is -2.58. The van der Waals surface area contributed by atoms with Crippen LogP contribution in [0.1, 0.15) is 45.1 Å². The molecule has 1 aliphatic rings. The van der Waals surface area contributed by atoms with Crippen molar-refractivity contribution < 1.29 is 14.0 Å². The molecule has 2 amide bonds. The van der Waals surface area contributed by atoms with E-state index in [1.54, 1.807) is 58.3 Å². The molecule has 0 atom stereocenters. The fourth-order valence-electron chi connectivity index (χ4n) is 3.99. The second-order valence-electron chi connectivity index (χ2n) is 8.91. The van der Waals surface area contributed by atoms with Crippen LogP contribution >= 0.6 is 0 Å². The summed E-state index contributed by atoms with van der Waals surface area (Å²) >= 11 is 0. The summed E-state index contributed by atoms with van der Waals surface area (Å²) in [5.74, 6) is -0.783. The molecule has 0 radical (unpaired) electrons. The second-order valence-corrected chi connectivity index (χ2v) is 8.91. The van der Waals surface area contributed by atoms with E-state index in [9.17, 15) is 9.59 Å². The van der Waals surface area contributed by atoms with Gasteiger partial charge in [-0.25, -0.2) is 4.39 Å². The molecule has 1 fully saturated rings. The van der Waals surface area contributed by atoms with Crippen LogP contribution in [0.5, 0.6) is 0 Å². The van der Waals surface area contributed by atoms with E-state index in [1.165, 1.54) is 9.80 Å². The average molecular weight is 462 g/mol. The highest BCUT2D eigenvalue weighted by Gasteiger charge is 2.47. The van der Waals surface area contributed by atoms with E-state index in [1.807, 2.05) is 19.1 Å². The normalized spacial score (nSPS) is 15.0. The number of likely N-dealkylation sites (tertiary alicyclic amines) is 1. The minimum Gasteiger partial charge on any atom is -0.398 e. The first-order chi connectivity index (χ1) is 15.9. The number of hydrogen-bond donors (Lipinski definition) is 2. The standard InChI is InChI=1S/C26H28FN5O2/c1-15-10-16(2)21(11-20(15)22(29)17(3)23(30)25(34)31(4)5)24(33)32-13-26(27,14-32)19-8-6-18(12-28)7-9-19/h6-11,30H,13-14,29H2,1-5H3/b22-17-,30-23?. The van der Waals surface area contributed by atoms with Gasteiger partial charge in [0.1, 0.15) is 5.71 Å². The Hall–Kier alpha value is -3.99. The van der Waals surface area contributed by atoms with Gasteiger partial charge in [-0.1, -0.05) is 18.2 Å². The zero-order chi connectivity index (χ0) is 25.4. The van der Waals surface area contributed by atoms with Crippen molar-refractivity contribution in [2.24, 2.45) is 5.73 Å². The first kappa shape index (κ1) is 24.6. The molecule has 0 unspecified atom stereocenters. The van der Waals surface area contributed by atoms with Crippen LogP contribution in [0, 0.1) is 30.6 Å². The van der Waals surface area contributed by atoms with Gasteiger partial charge >= 0.3 is 0 Å². The first-order valence-electron chi connectivity index (χ1n) is 10.8. The van der Waals surface area contributed by atoms with Crippen molar-refractivity contribution in [2.75, 3.05) is 27.2 Å². The number of carbonyl (C=O) groups excluding carboxylic acids is 2. The molecule has 34 heavy (non-hydrogen) atoms. The molecule has 7 nitrogen and oxygen atoms in total. The quantitative estimate of drug-likeness (QED) is 0.665. The Morgan fingerprint density at radius 3 is 2.21 bits per heavy atom. The van der Waals surface area contributed by atoms with Crippen LogP contribution in [0.3, 0.4) is 0 Å². The van der Waals surface area contributed by atoms with Crippen molar-refractivity contribution in [1.29, 1.82) is 10.7 Å². The van der Waals surface area contributed by atoms with E-state index in [0.717, 1.165) is 11.1 Å². The van der Waals surface area contributed by atoms with Crippen molar-refractivity contribution in [1.82, 2.24) is 9.80 Å². The van der Waals surface area contributed by atoms with E-state index < -0.39 is 11.6 Å². The molecule has 1 heterocycles. The fraction of sp³-hybridized carbons (Fsp3) is 0.308. The zero-order valence-corrected chi connectivity index (χ0v) is 20.0. The van der Waals surface area contributed by atoms with Gasteiger partial charge in [-0.3, -0.25) is 15.0 Å². The Morgan fingerprint density at radius 2 is 1.68 bits per heavy atom. The third kappa shape index (κ3) is 4.42. The number of rotatable bonds is 5. The lowest BCUT2D eigenvalue weighted by atomic mass is 9.86. The zero-order valence-electron chi connectivity index (χ0n) is 20.0. The van der Waals surface area contributed by atoms with Gasteiger partial charge in [-0.05, 0) is 55.7 Å². The Kier molecular flexibility index (Phi) is 6.60. The summed E-state index contributed by atoms with van der Waals surface area (Å²) in [5.41, 5.74) is 8.36. The molecule has 0 spiro atoms. The highest BCUT2D eigenvalue weighted by atomic mass is 19.1. The predicted molar refractivity (Wildman–Crippen MR) is 129 cm³/mol. The summed E-state index contributed by atoms with van der Waals surface area (Å²) in [4.78, 5) is 28.1. The number of hydrogen-bond acceptors (Lipinski definition) is 5. The van der Waals surface area contributed by atoms with Crippen LogP contribution in [0.15, 0.2) is 42.0 Å². The van der Waals surface area contributed by atoms with Gasteiger partial charge in [0.2, 0.25) is 0 Å². The second kappa shape index (κ2) is 9.10. The van der Waals surface area contributed by atoms with Crippen molar-refractivity contribution in [3.63, 3.8) is 0 Å². The number of halogens is 1. The molecule has 1 aliphatic heterocycles. The molecule has 2 aromatic rings. The Morgan fingerprint density at radius 1 is 1.12 bits per heavy atom. The van der Waals surface area contributed by atoms with Gasteiger partial charge in [0.15, 0.2) is 5.67 Å². The maximum atomic E-state index is 15.3. The minimum atomic E-state index is -1.66. The summed E-state index contributed by atoms with van der Waals surface area (Å²) in [6, 6.07) is 11.8. The van der Waals surface area contributed by atoms with E-state index in [2.05, 4.69) is 0 Å². The number of nitriles is 1. The Balaban J connectivity index is 1.87. The largest absolute Gasteiger partial charge is 0.398 e. The van der Waals surface area contributed by atoms with Gasteiger partial charge in [0.05, 0.1) is 24.7 Å². The third-order valence-corrected chi connectivity index (χ3v) is 6.19.